The Morgan fingerprint density at radius 1 is 1.14 bits per heavy atom. The quantitative estimate of drug-likeness (QED) is 0.816. The van der Waals surface area contributed by atoms with E-state index in [2.05, 4.69) is 19.2 Å². The minimum Gasteiger partial charge on any atom is -0.341 e. The molecule has 2 aliphatic heterocycles. The molecule has 0 aromatic heterocycles. The fourth-order valence-corrected chi connectivity index (χ4v) is 3.55. The molecule has 0 bridgehead atoms. The number of fused-ring (bicyclic) bond motifs is 2. The van der Waals surface area contributed by atoms with E-state index in [0.717, 1.165) is 43.2 Å². The van der Waals surface area contributed by atoms with Crippen LogP contribution in [0.1, 0.15) is 33.1 Å². The van der Waals surface area contributed by atoms with E-state index in [1.54, 1.807) is 0 Å². The molecule has 4 fully saturated rings. The second-order valence-electron chi connectivity index (χ2n) is 7.32. The molecule has 6 heteroatoms. The predicted molar refractivity (Wildman–Crippen MR) is 94.6 cm³/mol. The van der Waals surface area contributed by atoms with Gasteiger partial charge in [0.15, 0.2) is 0 Å². The standard InChI is InChI=1S/C11H20N2O.C5H9N.2ClH/c1-3-7(2)10(12)11(14)13-5-8-4-9(8)6-13;1-4-2-6-3-5(1)4;;/h7-10H,3-6,12H2,1-2H3;4-6H,1-3H2;2*1H/t7?,8?,9?,10-;;;/m0.../s1. The molecule has 4 rings (SSSR count). The number of amides is 1. The Morgan fingerprint density at radius 2 is 1.64 bits per heavy atom. The molecule has 5 unspecified atom stereocenters. The number of hydrogen-bond donors (Lipinski definition) is 2. The molecule has 2 aliphatic carbocycles. The zero-order chi connectivity index (χ0) is 14.3. The third-order valence-corrected chi connectivity index (χ3v) is 5.71. The summed E-state index contributed by atoms with van der Waals surface area (Å²) in [5, 5.41) is 3.32. The van der Waals surface area contributed by atoms with E-state index in [4.69, 9.17) is 5.73 Å². The van der Waals surface area contributed by atoms with Gasteiger partial charge in [-0.25, -0.2) is 0 Å². The van der Waals surface area contributed by atoms with Crippen LogP contribution in [0, 0.1) is 29.6 Å². The SMILES string of the molecule is C1NCC2CC12.CCC(C)[C@H](N)C(=O)N1CC2CC2C1.Cl.Cl. The van der Waals surface area contributed by atoms with Crippen molar-refractivity contribution < 1.29 is 4.79 Å². The number of rotatable bonds is 3. The van der Waals surface area contributed by atoms with Gasteiger partial charge in [-0.15, -0.1) is 24.8 Å². The van der Waals surface area contributed by atoms with Crippen LogP contribution in [0.5, 0.6) is 0 Å². The summed E-state index contributed by atoms with van der Waals surface area (Å²) in [6, 6.07) is -0.280. The van der Waals surface area contributed by atoms with Crippen LogP contribution in [-0.4, -0.2) is 43.0 Å². The van der Waals surface area contributed by atoms with Gasteiger partial charge in [0.25, 0.3) is 0 Å². The number of piperidine rings is 2. The molecule has 0 aromatic carbocycles. The monoisotopic (exact) mass is 351 g/mol. The molecule has 1 amide bonds. The molecular weight excluding hydrogens is 321 g/mol. The first kappa shape index (κ1) is 20.0. The van der Waals surface area contributed by atoms with Crippen molar-refractivity contribution >= 4 is 30.7 Å². The first-order valence-electron chi connectivity index (χ1n) is 8.35. The summed E-state index contributed by atoms with van der Waals surface area (Å²) in [4.78, 5) is 13.9. The first-order valence-corrected chi connectivity index (χ1v) is 8.35. The van der Waals surface area contributed by atoms with Crippen molar-refractivity contribution in [3.05, 3.63) is 0 Å². The maximum atomic E-state index is 11.9. The molecule has 130 valence electrons. The van der Waals surface area contributed by atoms with Crippen LogP contribution in [-0.2, 0) is 4.79 Å². The smallest absolute Gasteiger partial charge is 0.239 e. The Bertz CT molecular complexity index is 360. The lowest BCUT2D eigenvalue weighted by atomic mass is 9.99. The Labute approximate surface area is 146 Å². The van der Waals surface area contributed by atoms with E-state index < -0.39 is 0 Å². The highest BCUT2D eigenvalue weighted by Gasteiger charge is 2.47. The highest BCUT2D eigenvalue weighted by molar-refractivity contribution is 5.85. The lowest BCUT2D eigenvalue weighted by molar-refractivity contribution is -0.133. The van der Waals surface area contributed by atoms with Gasteiger partial charge in [-0.3, -0.25) is 4.79 Å². The zero-order valence-electron chi connectivity index (χ0n) is 13.7. The topological polar surface area (TPSA) is 58.4 Å². The van der Waals surface area contributed by atoms with Gasteiger partial charge in [0.1, 0.15) is 0 Å². The number of halogens is 2. The summed E-state index contributed by atoms with van der Waals surface area (Å²) in [6.07, 6.45) is 3.84. The highest BCUT2D eigenvalue weighted by atomic mass is 35.5. The molecule has 0 aromatic rings. The number of likely N-dealkylation sites (tertiary alicyclic amines) is 1. The van der Waals surface area contributed by atoms with Gasteiger partial charge in [-0.1, -0.05) is 20.3 Å². The van der Waals surface area contributed by atoms with E-state index in [9.17, 15) is 4.79 Å². The molecule has 4 aliphatic rings. The summed E-state index contributed by atoms with van der Waals surface area (Å²) in [6.45, 7) is 8.69. The normalized spacial score (nSPS) is 35.7. The molecular formula is C16H31Cl2N3O. The second kappa shape index (κ2) is 8.18. The van der Waals surface area contributed by atoms with Gasteiger partial charge in [0.05, 0.1) is 6.04 Å². The van der Waals surface area contributed by atoms with Crippen LogP contribution in [0.25, 0.3) is 0 Å². The Balaban J connectivity index is 0.000000254. The second-order valence-corrected chi connectivity index (χ2v) is 7.32. The van der Waals surface area contributed by atoms with Crippen molar-refractivity contribution in [2.24, 2.45) is 35.3 Å². The highest BCUT2D eigenvalue weighted by Crippen LogP contribution is 2.45. The average Bonchev–Trinajstić information content (AvgIpc) is 3.32. The van der Waals surface area contributed by atoms with Crippen molar-refractivity contribution in [2.75, 3.05) is 26.2 Å². The van der Waals surface area contributed by atoms with E-state index >= 15 is 0 Å². The van der Waals surface area contributed by atoms with E-state index in [1.807, 2.05) is 4.90 Å². The predicted octanol–water partition coefficient (Wildman–Crippen LogP) is 1.91. The van der Waals surface area contributed by atoms with E-state index in [-0.39, 0.29) is 36.8 Å². The Hall–Kier alpha value is -0.0300. The lowest BCUT2D eigenvalue weighted by Crippen LogP contribution is -2.46. The summed E-state index contributed by atoms with van der Waals surface area (Å²) in [5.74, 6) is 4.30. The maximum Gasteiger partial charge on any atom is 0.239 e. The molecule has 2 saturated heterocycles. The zero-order valence-corrected chi connectivity index (χ0v) is 15.3. The van der Waals surface area contributed by atoms with Crippen LogP contribution < -0.4 is 11.1 Å². The number of nitrogens with two attached hydrogens (primary N) is 1. The summed E-state index contributed by atoms with van der Waals surface area (Å²) >= 11 is 0. The number of carbonyl (C=O) groups excluding carboxylic acids is 1. The molecule has 0 spiro atoms. The van der Waals surface area contributed by atoms with Crippen LogP contribution >= 0.6 is 24.8 Å². The van der Waals surface area contributed by atoms with Crippen molar-refractivity contribution in [1.29, 1.82) is 0 Å². The first-order chi connectivity index (χ1) is 9.60. The summed E-state index contributed by atoms with van der Waals surface area (Å²) in [5.41, 5.74) is 5.92. The molecule has 6 atom stereocenters. The van der Waals surface area contributed by atoms with Gasteiger partial charge < -0.3 is 16.0 Å². The van der Waals surface area contributed by atoms with Crippen molar-refractivity contribution in [1.82, 2.24) is 10.2 Å². The maximum absolute atomic E-state index is 11.9. The van der Waals surface area contributed by atoms with Crippen LogP contribution in [0.2, 0.25) is 0 Å². The Morgan fingerprint density at radius 3 is 2.00 bits per heavy atom. The molecule has 2 heterocycles. The molecule has 3 N–H and O–H groups in total. The van der Waals surface area contributed by atoms with Gasteiger partial charge in [0.2, 0.25) is 5.91 Å². The largest absolute Gasteiger partial charge is 0.341 e. The van der Waals surface area contributed by atoms with Crippen molar-refractivity contribution in [3.63, 3.8) is 0 Å². The van der Waals surface area contributed by atoms with Crippen molar-refractivity contribution in [2.45, 2.75) is 39.2 Å². The average molecular weight is 352 g/mol. The van der Waals surface area contributed by atoms with Crippen LogP contribution in [0.4, 0.5) is 0 Å². The molecule has 2 saturated carbocycles. The lowest BCUT2D eigenvalue weighted by Gasteiger charge is -2.25. The summed E-state index contributed by atoms with van der Waals surface area (Å²) in [7, 11) is 0. The Kier molecular flexibility index (Phi) is 7.44. The molecule has 4 nitrogen and oxygen atoms in total. The van der Waals surface area contributed by atoms with Crippen LogP contribution in [0.3, 0.4) is 0 Å². The number of carbonyl (C=O) groups is 1. The fraction of sp³-hybridized carbons (Fsp3) is 0.938. The van der Waals surface area contributed by atoms with Gasteiger partial charge in [-0.05, 0) is 55.5 Å². The van der Waals surface area contributed by atoms with Crippen molar-refractivity contribution in [3.8, 4) is 0 Å². The van der Waals surface area contributed by atoms with E-state index in [0.29, 0.717) is 5.92 Å². The minimum atomic E-state index is -0.280. The third-order valence-electron chi connectivity index (χ3n) is 5.71. The number of nitrogens with one attached hydrogen (secondary N) is 1. The van der Waals surface area contributed by atoms with Gasteiger partial charge in [-0.2, -0.15) is 0 Å². The van der Waals surface area contributed by atoms with Gasteiger partial charge >= 0.3 is 0 Å². The summed E-state index contributed by atoms with van der Waals surface area (Å²) < 4.78 is 0. The van der Waals surface area contributed by atoms with E-state index in [1.165, 1.54) is 25.9 Å². The number of hydrogen-bond acceptors (Lipinski definition) is 3. The van der Waals surface area contributed by atoms with Crippen LogP contribution in [0.15, 0.2) is 0 Å². The minimum absolute atomic E-state index is 0. The third kappa shape index (κ3) is 4.50. The van der Waals surface area contributed by atoms with Gasteiger partial charge in [0, 0.05) is 13.1 Å². The fourth-order valence-electron chi connectivity index (χ4n) is 3.55. The number of nitrogens with zero attached hydrogens (tertiary/aromatic N) is 1. The molecule has 0 radical (unpaired) electrons. The molecule has 22 heavy (non-hydrogen) atoms.